The third-order valence-electron chi connectivity index (χ3n) is 15.9. The Bertz CT molecular complexity index is 1690. The monoisotopic (exact) mass is 1070 g/mol. The van der Waals surface area contributed by atoms with E-state index >= 15 is 0 Å². The maximum Gasteiger partial charge on any atom is 0.187 e. The molecular weight excluding hydrogens is 977 g/mol. The standard InChI is InChI=1S/C52H92O22/c1-13-25-42-31(53)24(12)47(63-25)69-41-23(11)32(54)48(65-27(41)15-19(3)4)72-44-28(16-20(5)6)67-51(39(61)34(44)56)74-46-30(18-22(9)10)68-52(40(62)36(46)58)73-45-29(17-21(7)8)66-50(38(60)35(45)57)71-43-26(14-2)64-49(70-42)37(59)33(43)55/h19-62H,13-18H2,1-12H3. The lowest BCUT2D eigenvalue weighted by Gasteiger charge is -2.52. The summed E-state index contributed by atoms with van der Waals surface area (Å²) >= 11 is 0. The van der Waals surface area contributed by atoms with Crippen LogP contribution in [0.3, 0.4) is 0 Å². The van der Waals surface area contributed by atoms with Crippen LogP contribution in [-0.4, -0.2) is 223 Å². The minimum Gasteiger partial charge on any atom is -0.390 e. The van der Waals surface area contributed by atoms with E-state index in [1.807, 2.05) is 62.3 Å². The molecule has 22 nitrogen and oxygen atoms in total. The molecule has 0 spiro atoms. The van der Waals surface area contributed by atoms with E-state index in [0.29, 0.717) is 19.3 Å². The minimum absolute atomic E-state index is 0.0342. The summed E-state index contributed by atoms with van der Waals surface area (Å²) < 4.78 is 77.1. The molecule has 22 heteroatoms. The Morgan fingerprint density at radius 3 is 0.784 bits per heavy atom. The number of rotatable bonds is 10. The van der Waals surface area contributed by atoms with Gasteiger partial charge in [-0.25, -0.2) is 0 Å². The second-order valence-corrected chi connectivity index (χ2v) is 23.8. The van der Waals surface area contributed by atoms with Gasteiger partial charge in [-0.15, -0.1) is 0 Å². The van der Waals surface area contributed by atoms with Gasteiger partial charge < -0.3 is 108 Å². The third kappa shape index (κ3) is 13.1. The first-order chi connectivity index (χ1) is 34.8. The fraction of sp³-hybridized carbons (Fsp3) is 1.00. The van der Waals surface area contributed by atoms with Gasteiger partial charge in [0.1, 0.15) is 85.5 Å². The summed E-state index contributed by atoms with van der Waals surface area (Å²) in [5.41, 5.74) is 0. The van der Waals surface area contributed by atoms with Crippen molar-refractivity contribution in [2.24, 2.45) is 35.5 Å². The number of hydrogen-bond acceptors (Lipinski definition) is 22. The Morgan fingerprint density at radius 2 is 0.486 bits per heavy atom. The van der Waals surface area contributed by atoms with Crippen molar-refractivity contribution in [1.29, 1.82) is 0 Å². The van der Waals surface area contributed by atoms with Gasteiger partial charge >= 0.3 is 0 Å². The molecule has 0 amide bonds. The number of hydrogen-bond donors (Lipinski definition) is 10. The molecule has 22 aliphatic rings. The Morgan fingerprint density at radius 1 is 0.257 bits per heavy atom. The van der Waals surface area contributed by atoms with E-state index < -0.39 is 184 Å². The van der Waals surface area contributed by atoms with E-state index in [4.69, 9.17) is 56.8 Å². The molecule has 0 aromatic heterocycles. The van der Waals surface area contributed by atoms with Gasteiger partial charge in [-0.2, -0.15) is 0 Å². The fourth-order valence-corrected chi connectivity index (χ4v) is 11.8. The largest absolute Gasteiger partial charge is 0.390 e. The van der Waals surface area contributed by atoms with E-state index in [0.717, 1.165) is 0 Å². The van der Waals surface area contributed by atoms with Gasteiger partial charge in [-0.1, -0.05) is 83.1 Å². The summed E-state index contributed by atoms with van der Waals surface area (Å²) in [6.45, 7) is 22.6. The Hall–Kier alpha value is -0.880. The molecule has 22 rings (SSSR count). The molecule has 0 saturated carbocycles. The van der Waals surface area contributed by atoms with Crippen LogP contribution in [0.5, 0.6) is 0 Å². The molecule has 10 N–H and O–H groups in total. The second-order valence-electron chi connectivity index (χ2n) is 23.8. The van der Waals surface area contributed by atoms with Crippen LogP contribution in [0.15, 0.2) is 0 Å². The van der Waals surface area contributed by atoms with Gasteiger partial charge in [0.25, 0.3) is 0 Å². The molecule has 432 valence electrons. The summed E-state index contributed by atoms with van der Waals surface area (Å²) in [5.74, 6) is -1.53. The van der Waals surface area contributed by atoms with Gasteiger partial charge in [-0.05, 0) is 62.2 Å². The molecule has 12 bridgehead atoms. The van der Waals surface area contributed by atoms with Crippen LogP contribution in [0.25, 0.3) is 0 Å². The molecular formula is C52H92O22. The van der Waals surface area contributed by atoms with E-state index in [9.17, 15) is 51.1 Å². The van der Waals surface area contributed by atoms with Crippen molar-refractivity contribution in [3.63, 3.8) is 0 Å². The lowest BCUT2D eigenvalue weighted by atomic mass is 9.85. The van der Waals surface area contributed by atoms with E-state index in [2.05, 4.69) is 0 Å². The van der Waals surface area contributed by atoms with E-state index in [-0.39, 0.29) is 42.9 Å². The van der Waals surface area contributed by atoms with Crippen LogP contribution in [0.1, 0.15) is 122 Å². The van der Waals surface area contributed by atoms with E-state index in [1.165, 1.54) is 0 Å². The SMILES string of the molecule is CCC1OC2OC3C(CC(C)C)OC(OC4C(CC(C)C)OC(OC5C(CC(C)C)OC(OC6C(CC(C)C)OC(OC7C(CC)OC(OC1C(O)C2C)C(O)C7O)C(O)C6O)C(O)C5O)C(O)C4O)C(O)C3C. The van der Waals surface area contributed by atoms with Crippen molar-refractivity contribution in [1.82, 2.24) is 0 Å². The molecule has 22 heterocycles. The minimum atomic E-state index is -1.83. The quantitative estimate of drug-likeness (QED) is 0.143. The van der Waals surface area contributed by atoms with Crippen LogP contribution < -0.4 is 0 Å². The molecule has 0 aromatic rings. The van der Waals surface area contributed by atoms with Gasteiger partial charge in [0.15, 0.2) is 37.7 Å². The van der Waals surface area contributed by atoms with Crippen molar-refractivity contribution in [3.8, 4) is 0 Å². The smallest absolute Gasteiger partial charge is 0.187 e. The topological polar surface area (TPSA) is 313 Å². The zero-order valence-electron chi connectivity index (χ0n) is 45.2. The van der Waals surface area contributed by atoms with Crippen molar-refractivity contribution >= 4 is 0 Å². The Kier molecular flexibility index (Phi) is 21.1. The van der Waals surface area contributed by atoms with Gasteiger partial charge in [0, 0.05) is 11.8 Å². The summed E-state index contributed by atoms with van der Waals surface area (Å²) in [5, 5.41) is 118. The van der Waals surface area contributed by atoms with Crippen LogP contribution in [0.4, 0.5) is 0 Å². The lowest BCUT2D eigenvalue weighted by Crippen LogP contribution is -2.67. The highest BCUT2D eigenvalue weighted by Gasteiger charge is 2.58. The van der Waals surface area contributed by atoms with Crippen molar-refractivity contribution in [2.75, 3.05) is 0 Å². The molecule has 0 aromatic carbocycles. The maximum atomic E-state index is 12.0. The number of aliphatic hydroxyl groups excluding tert-OH is 10. The predicted molar refractivity (Wildman–Crippen MR) is 258 cm³/mol. The zero-order chi connectivity index (χ0) is 54.4. The van der Waals surface area contributed by atoms with Gasteiger partial charge in [0.2, 0.25) is 0 Å². The average molecular weight is 1070 g/mol. The first kappa shape index (κ1) is 60.8. The summed E-state index contributed by atoms with van der Waals surface area (Å²) in [7, 11) is 0. The number of aliphatic hydroxyl groups is 10. The maximum absolute atomic E-state index is 12.0. The second kappa shape index (κ2) is 25.7. The van der Waals surface area contributed by atoms with Crippen molar-refractivity contribution in [3.05, 3.63) is 0 Å². The van der Waals surface area contributed by atoms with E-state index in [1.54, 1.807) is 20.8 Å². The molecule has 30 unspecified atom stereocenters. The first-order valence-electron chi connectivity index (χ1n) is 27.5. The average Bonchev–Trinajstić information content (AvgIpc) is 3.33. The summed E-state index contributed by atoms with van der Waals surface area (Å²) in [6, 6.07) is 0. The highest BCUT2D eigenvalue weighted by atomic mass is 16.8. The molecule has 22 fully saturated rings. The number of ether oxygens (including phenoxy) is 12. The zero-order valence-corrected chi connectivity index (χ0v) is 45.2. The molecule has 0 aliphatic carbocycles. The molecule has 74 heavy (non-hydrogen) atoms. The van der Waals surface area contributed by atoms with Crippen molar-refractivity contribution < 1.29 is 108 Å². The Labute approximate surface area is 436 Å². The molecule has 22 aliphatic heterocycles. The molecule has 30 atom stereocenters. The highest BCUT2D eigenvalue weighted by molar-refractivity contribution is 5.01. The van der Waals surface area contributed by atoms with Crippen molar-refractivity contribution in [2.45, 2.75) is 294 Å². The Balaban J connectivity index is 1.25. The molecule has 0 radical (unpaired) electrons. The summed E-state index contributed by atoms with van der Waals surface area (Å²) in [6.07, 6.45) is -36.1. The fourth-order valence-electron chi connectivity index (χ4n) is 11.8. The van der Waals surface area contributed by atoms with Gasteiger partial charge in [0.05, 0.1) is 48.8 Å². The lowest BCUT2D eigenvalue weighted by molar-refractivity contribution is -0.399. The highest BCUT2D eigenvalue weighted by Crippen LogP contribution is 2.42. The first-order valence-corrected chi connectivity index (χ1v) is 27.5. The van der Waals surface area contributed by atoms with Crippen LogP contribution >= 0.6 is 0 Å². The predicted octanol–water partition coefficient (Wildman–Crippen LogP) is 0.546. The normalized spacial score (nSPS) is 51.0. The van der Waals surface area contributed by atoms with Gasteiger partial charge in [-0.3, -0.25) is 0 Å². The molecule has 22 saturated heterocycles. The third-order valence-corrected chi connectivity index (χ3v) is 15.9. The summed E-state index contributed by atoms with van der Waals surface area (Å²) in [4.78, 5) is 0. The van der Waals surface area contributed by atoms with Crippen LogP contribution in [-0.2, 0) is 56.8 Å². The van der Waals surface area contributed by atoms with Crippen LogP contribution in [0, 0.1) is 35.5 Å². The van der Waals surface area contributed by atoms with Crippen LogP contribution in [0.2, 0.25) is 0 Å².